The van der Waals surface area contributed by atoms with Gasteiger partial charge in [-0.25, -0.2) is 4.39 Å². The number of anilines is 1. The Kier molecular flexibility index (Phi) is 4.35. The largest absolute Gasteiger partial charge is 0.469 e. The maximum atomic E-state index is 15.4. The zero-order valence-electron chi connectivity index (χ0n) is 15.5. The Hall–Kier alpha value is -2.53. The summed E-state index contributed by atoms with van der Waals surface area (Å²) in [7, 11) is 1.36. The summed E-state index contributed by atoms with van der Waals surface area (Å²) in [5.74, 6) is -0.599. The molecule has 1 aromatic heterocycles. The van der Waals surface area contributed by atoms with Crippen molar-refractivity contribution in [3.63, 3.8) is 0 Å². The van der Waals surface area contributed by atoms with Gasteiger partial charge in [0.05, 0.1) is 30.4 Å². The summed E-state index contributed by atoms with van der Waals surface area (Å²) in [6, 6.07) is 7.28. The average Bonchev–Trinajstić information content (AvgIpc) is 2.93. The zero-order valence-corrected chi connectivity index (χ0v) is 16.2. The Bertz CT molecular complexity index is 1070. The van der Waals surface area contributed by atoms with Crippen LogP contribution in [0.15, 0.2) is 24.3 Å². The summed E-state index contributed by atoms with van der Waals surface area (Å²) in [6.07, 6.45) is 0.0780. The van der Waals surface area contributed by atoms with Crippen LogP contribution in [0.3, 0.4) is 0 Å². The highest BCUT2D eigenvalue weighted by molar-refractivity contribution is 6.30. The Morgan fingerprint density at radius 1 is 1.30 bits per heavy atom. The Balaban J connectivity index is 2.15. The molecule has 27 heavy (non-hydrogen) atoms. The summed E-state index contributed by atoms with van der Waals surface area (Å²) in [5, 5.41) is 4.54. The molecule has 0 spiro atoms. The maximum Gasteiger partial charge on any atom is 0.310 e. The SMILES string of the molecule is COC(=O)Cc1c(C)c2c3c(c(F)c(C)n3CCN2)c1-c1ccc(Cl)cc1. The number of aromatic nitrogens is 1. The second-order valence-electron chi connectivity index (χ2n) is 6.81. The number of carbonyl (C=O) groups is 1. The fourth-order valence-corrected chi connectivity index (χ4v) is 4.15. The van der Waals surface area contributed by atoms with E-state index in [-0.39, 0.29) is 18.2 Å². The van der Waals surface area contributed by atoms with Gasteiger partial charge in [-0.3, -0.25) is 4.79 Å². The van der Waals surface area contributed by atoms with E-state index < -0.39 is 0 Å². The summed E-state index contributed by atoms with van der Waals surface area (Å²) >= 11 is 6.05. The molecule has 0 aliphatic carbocycles. The predicted molar refractivity (Wildman–Crippen MR) is 106 cm³/mol. The zero-order chi connectivity index (χ0) is 19.3. The number of ether oxygens (including phenoxy) is 1. The van der Waals surface area contributed by atoms with Gasteiger partial charge in [0, 0.05) is 23.5 Å². The Morgan fingerprint density at radius 3 is 2.67 bits per heavy atom. The minimum absolute atomic E-state index is 0.0780. The lowest BCUT2D eigenvalue weighted by Gasteiger charge is -2.24. The van der Waals surface area contributed by atoms with Crippen LogP contribution in [0.25, 0.3) is 22.0 Å². The van der Waals surface area contributed by atoms with E-state index in [4.69, 9.17) is 16.3 Å². The number of hydrogen-bond donors (Lipinski definition) is 1. The first-order valence-electron chi connectivity index (χ1n) is 8.84. The fraction of sp³-hybridized carbons (Fsp3) is 0.286. The van der Waals surface area contributed by atoms with Crippen LogP contribution in [-0.2, 0) is 22.5 Å². The topological polar surface area (TPSA) is 43.3 Å². The summed E-state index contributed by atoms with van der Waals surface area (Å²) in [5.41, 5.74) is 5.63. The van der Waals surface area contributed by atoms with Crippen LogP contribution >= 0.6 is 11.6 Å². The lowest BCUT2D eigenvalue weighted by Crippen LogP contribution is -2.19. The molecule has 140 valence electrons. The van der Waals surface area contributed by atoms with Gasteiger partial charge in [-0.05, 0) is 48.2 Å². The number of nitrogens with zero attached hydrogens (tertiary/aromatic N) is 1. The molecule has 4 rings (SSSR count). The highest BCUT2D eigenvalue weighted by Crippen LogP contribution is 2.44. The van der Waals surface area contributed by atoms with Crippen molar-refractivity contribution in [1.82, 2.24) is 4.57 Å². The Morgan fingerprint density at radius 2 is 2.00 bits per heavy atom. The third kappa shape index (κ3) is 2.69. The second-order valence-corrected chi connectivity index (χ2v) is 7.25. The van der Waals surface area contributed by atoms with Gasteiger partial charge in [0.15, 0.2) is 5.82 Å². The number of halogens is 2. The highest BCUT2D eigenvalue weighted by atomic mass is 35.5. The molecule has 0 fully saturated rings. The standard InChI is InChI=1S/C21H20ClFN2O2/c1-11-15(10-16(26)27-3)17(13-4-6-14(22)7-5-13)18-19(23)12(2)25-9-8-24-20(11)21(18)25/h4-7,24H,8-10H2,1-3H3. The molecule has 1 aliphatic rings. The molecule has 0 amide bonds. The Labute approximate surface area is 161 Å². The monoisotopic (exact) mass is 386 g/mol. The van der Waals surface area contributed by atoms with Crippen molar-refractivity contribution in [2.24, 2.45) is 0 Å². The molecule has 0 bridgehead atoms. The highest BCUT2D eigenvalue weighted by Gasteiger charge is 2.28. The normalized spacial score (nSPS) is 12.9. The maximum absolute atomic E-state index is 15.4. The van der Waals surface area contributed by atoms with E-state index in [9.17, 15) is 4.79 Å². The molecule has 1 N–H and O–H groups in total. The first-order valence-corrected chi connectivity index (χ1v) is 9.22. The summed E-state index contributed by atoms with van der Waals surface area (Å²) in [4.78, 5) is 12.1. The van der Waals surface area contributed by atoms with Crippen LogP contribution in [-0.4, -0.2) is 24.2 Å². The molecule has 6 heteroatoms. The molecular formula is C21H20ClFN2O2. The fourth-order valence-electron chi connectivity index (χ4n) is 4.02. The molecule has 0 radical (unpaired) electrons. The molecule has 3 aromatic rings. The van der Waals surface area contributed by atoms with E-state index in [1.807, 2.05) is 23.6 Å². The van der Waals surface area contributed by atoms with Gasteiger partial charge in [-0.15, -0.1) is 0 Å². The number of benzene rings is 2. The third-order valence-corrected chi connectivity index (χ3v) is 5.64. The first-order chi connectivity index (χ1) is 12.9. The predicted octanol–water partition coefficient (Wildman–Crippen LogP) is 4.86. The lowest BCUT2D eigenvalue weighted by atomic mass is 9.89. The molecule has 1 aliphatic heterocycles. The minimum atomic E-state index is -0.354. The van der Waals surface area contributed by atoms with Crippen LogP contribution in [0.4, 0.5) is 10.1 Å². The number of esters is 1. The van der Waals surface area contributed by atoms with Crippen LogP contribution in [0.2, 0.25) is 5.02 Å². The van der Waals surface area contributed by atoms with Gasteiger partial charge >= 0.3 is 5.97 Å². The molecule has 0 unspecified atom stereocenters. The quantitative estimate of drug-likeness (QED) is 0.654. The second kappa shape index (κ2) is 6.57. The number of methoxy groups -OCH3 is 1. The van der Waals surface area contributed by atoms with Crippen molar-refractivity contribution >= 4 is 34.2 Å². The van der Waals surface area contributed by atoms with Crippen molar-refractivity contribution in [1.29, 1.82) is 0 Å². The van der Waals surface area contributed by atoms with Gasteiger partial charge < -0.3 is 14.6 Å². The molecule has 0 saturated carbocycles. The van der Waals surface area contributed by atoms with Crippen LogP contribution < -0.4 is 5.32 Å². The average molecular weight is 387 g/mol. The molecule has 0 atom stereocenters. The third-order valence-electron chi connectivity index (χ3n) is 5.38. The van der Waals surface area contributed by atoms with Crippen molar-refractivity contribution in [2.45, 2.75) is 26.8 Å². The van der Waals surface area contributed by atoms with Crippen LogP contribution in [0.1, 0.15) is 16.8 Å². The minimum Gasteiger partial charge on any atom is -0.469 e. The summed E-state index contributed by atoms with van der Waals surface area (Å²) in [6.45, 7) is 5.19. The van der Waals surface area contributed by atoms with E-state index in [2.05, 4.69) is 5.32 Å². The van der Waals surface area contributed by atoms with Crippen molar-refractivity contribution in [2.75, 3.05) is 19.0 Å². The van der Waals surface area contributed by atoms with Gasteiger partial charge in [0.2, 0.25) is 0 Å². The van der Waals surface area contributed by atoms with Crippen LogP contribution in [0.5, 0.6) is 0 Å². The number of nitrogens with one attached hydrogen (secondary N) is 1. The number of hydrogen-bond acceptors (Lipinski definition) is 3. The van der Waals surface area contributed by atoms with Gasteiger partial charge in [-0.2, -0.15) is 0 Å². The smallest absolute Gasteiger partial charge is 0.310 e. The molecule has 0 saturated heterocycles. The van der Waals surface area contributed by atoms with Crippen molar-refractivity contribution in [3.05, 3.63) is 51.9 Å². The number of rotatable bonds is 3. The first kappa shape index (κ1) is 17.9. The lowest BCUT2D eigenvalue weighted by molar-refractivity contribution is -0.139. The molecular weight excluding hydrogens is 367 g/mol. The molecule has 2 heterocycles. The van der Waals surface area contributed by atoms with Gasteiger partial charge in [-0.1, -0.05) is 23.7 Å². The van der Waals surface area contributed by atoms with E-state index in [1.165, 1.54) is 7.11 Å². The van der Waals surface area contributed by atoms with Gasteiger partial charge in [0.25, 0.3) is 0 Å². The van der Waals surface area contributed by atoms with E-state index in [0.29, 0.717) is 22.6 Å². The van der Waals surface area contributed by atoms with E-state index in [1.54, 1.807) is 19.1 Å². The molecule has 4 nitrogen and oxygen atoms in total. The van der Waals surface area contributed by atoms with Gasteiger partial charge in [0.1, 0.15) is 0 Å². The van der Waals surface area contributed by atoms with E-state index >= 15 is 4.39 Å². The summed E-state index contributed by atoms with van der Waals surface area (Å²) < 4.78 is 22.3. The molecule has 2 aromatic carbocycles. The van der Waals surface area contributed by atoms with Crippen LogP contribution in [0, 0.1) is 19.7 Å². The van der Waals surface area contributed by atoms with Crippen molar-refractivity contribution < 1.29 is 13.9 Å². The number of carbonyl (C=O) groups excluding carboxylic acids is 1. The van der Waals surface area contributed by atoms with Crippen molar-refractivity contribution in [3.8, 4) is 11.1 Å². The van der Waals surface area contributed by atoms with E-state index in [0.717, 1.165) is 40.0 Å².